The largest absolute Gasteiger partial charge is 0.480 e. The zero-order valence-corrected chi connectivity index (χ0v) is 7.50. The van der Waals surface area contributed by atoms with Gasteiger partial charge in [0.1, 0.15) is 0 Å². The Morgan fingerprint density at radius 3 is 2.83 bits per heavy atom. The van der Waals surface area contributed by atoms with E-state index in [0.717, 1.165) is 5.69 Å². The molecule has 0 radical (unpaired) electrons. The van der Waals surface area contributed by atoms with Crippen molar-refractivity contribution in [1.82, 2.24) is 9.97 Å². The molecule has 4 heteroatoms. The van der Waals surface area contributed by atoms with Crippen LogP contribution in [0.2, 0.25) is 0 Å². The van der Waals surface area contributed by atoms with E-state index in [-0.39, 0.29) is 0 Å². The Balaban J connectivity index is 2.91. The van der Waals surface area contributed by atoms with Gasteiger partial charge in [-0.3, -0.25) is 4.98 Å². The molecule has 1 aromatic heterocycles. The van der Waals surface area contributed by atoms with Crippen LogP contribution >= 0.6 is 0 Å². The van der Waals surface area contributed by atoms with Crippen molar-refractivity contribution < 1.29 is 9.47 Å². The molecule has 0 aliphatic carbocycles. The first-order valence-electron chi connectivity index (χ1n) is 3.78. The first kappa shape index (κ1) is 8.77. The fourth-order valence-corrected chi connectivity index (χ4v) is 0.789. The molecule has 4 nitrogen and oxygen atoms in total. The standard InChI is InChI=1S/C8H12N2O2/c1-4-12-8-6(2)9-5-7(10-8)11-3/h5H,4H2,1-3H3. The van der Waals surface area contributed by atoms with Crippen molar-refractivity contribution in [2.45, 2.75) is 13.8 Å². The maximum Gasteiger partial charge on any atom is 0.238 e. The molecule has 1 aromatic rings. The Labute approximate surface area is 71.6 Å². The van der Waals surface area contributed by atoms with Crippen molar-refractivity contribution in [3.63, 3.8) is 0 Å². The van der Waals surface area contributed by atoms with E-state index in [1.165, 1.54) is 0 Å². The van der Waals surface area contributed by atoms with Crippen molar-refractivity contribution in [2.75, 3.05) is 13.7 Å². The summed E-state index contributed by atoms with van der Waals surface area (Å²) < 4.78 is 10.1. The molecule has 0 amide bonds. The number of nitrogens with zero attached hydrogens (tertiary/aromatic N) is 2. The summed E-state index contributed by atoms with van der Waals surface area (Å²) in [4.78, 5) is 8.13. The summed E-state index contributed by atoms with van der Waals surface area (Å²) in [7, 11) is 1.55. The molecule has 0 fully saturated rings. The second-order valence-corrected chi connectivity index (χ2v) is 2.24. The lowest BCUT2D eigenvalue weighted by Gasteiger charge is -2.05. The third kappa shape index (κ3) is 1.84. The van der Waals surface area contributed by atoms with Crippen molar-refractivity contribution in [3.05, 3.63) is 11.9 Å². The van der Waals surface area contributed by atoms with E-state index in [1.807, 2.05) is 13.8 Å². The molecule has 1 rings (SSSR count). The molecule has 0 aromatic carbocycles. The van der Waals surface area contributed by atoms with E-state index in [4.69, 9.17) is 9.47 Å². The molecular weight excluding hydrogens is 156 g/mol. The van der Waals surface area contributed by atoms with Gasteiger partial charge in [-0.15, -0.1) is 0 Å². The van der Waals surface area contributed by atoms with Gasteiger partial charge < -0.3 is 9.47 Å². The molecule has 0 N–H and O–H groups in total. The van der Waals surface area contributed by atoms with E-state index in [1.54, 1.807) is 13.3 Å². The van der Waals surface area contributed by atoms with Gasteiger partial charge in [-0.25, -0.2) is 0 Å². The van der Waals surface area contributed by atoms with E-state index < -0.39 is 0 Å². The minimum absolute atomic E-state index is 0.476. The summed E-state index contributed by atoms with van der Waals surface area (Å²) in [5, 5.41) is 0. The van der Waals surface area contributed by atoms with E-state index in [0.29, 0.717) is 18.4 Å². The van der Waals surface area contributed by atoms with Gasteiger partial charge >= 0.3 is 0 Å². The minimum atomic E-state index is 0.476. The smallest absolute Gasteiger partial charge is 0.238 e. The molecule has 66 valence electrons. The van der Waals surface area contributed by atoms with E-state index in [9.17, 15) is 0 Å². The van der Waals surface area contributed by atoms with Gasteiger partial charge in [0.15, 0.2) is 0 Å². The van der Waals surface area contributed by atoms with Crippen molar-refractivity contribution in [1.29, 1.82) is 0 Å². The zero-order chi connectivity index (χ0) is 8.97. The normalized spacial score (nSPS) is 9.58. The topological polar surface area (TPSA) is 44.2 Å². The Bertz CT molecular complexity index is 263. The molecule has 0 saturated carbocycles. The highest BCUT2D eigenvalue weighted by Gasteiger charge is 2.03. The SMILES string of the molecule is CCOc1nc(OC)cnc1C. The second-order valence-electron chi connectivity index (χ2n) is 2.24. The number of aromatic nitrogens is 2. The van der Waals surface area contributed by atoms with Crippen LogP contribution < -0.4 is 9.47 Å². The number of ether oxygens (including phenoxy) is 2. The monoisotopic (exact) mass is 168 g/mol. The third-order valence-corrected chi connectivity index (χ3v) is 1.38. The number of hydrogen-bond acceptors (Lipinski definition) is 4. The van der Waals surface area contributed by atoms with Crippen LogP contribution in [0.15, 0.2) is 6.20 Å². The van der Waals surface area contributed by atoms with Crippen molar-refractivity contribution >= 4 is 0 Å². The molecule has 0 atom stereocenters. The van der Waals surface area contributed by atoms with E-state index in [2.05, 4.69) is 9.97 Å². The first-order valence-corrected chi connectivity index (χ1v) is 3.78. The number of hydrogen-bond donors (Lipinski definition) is 0. The first-order chi connectivity index (χ1) is 5.77. The molecule has 0 saturated heterocycles. The van der Waals surface area contributed by atoms with Gasteiger partial charge in [-0.05, 0) is 13.8 Å². The summed E-state index contributed by atoms with van der Waals surface area (Å²) in [6.45, 7) is 4.33. The Morgan fingerprint density at radius 1 is 1.50 bits per heavy atom. The van der Waals surface area contributed by atoms with E-state index >= 15 is 0 Å². The average Bonchev–Trinajstić information content (AvgIpc) is 2.09. The van der Waals surface area contributed by atoms with Crippen LogP contribution in [0.5, 0.6) is 11.8 Å². The molecule has 0 aliphatic heterocycles. The minimum Gasteiger partial charge on any atom is -0.480 e. The number of methoxy groups -OCH3 is 1. The van der Waals surface area contributed by atoms with Crippen LogP contribution in [0.1, 0.15) is 12.6 Å². The highest BCUT2D eigenvalue weighted by molar-refractivity contribution is 5.21. The lowest BCUT2D eigenvalue weighted by atomic mass is 10.5. The Hall–Kier alpha value is -1.32. The van der Waals surface area contributed by atoms with Gasteiger partial charge in [-0.2, -0.15) is 4.98 Å². The van der Waals surface area contributed by atoms with Crippen LogP contribution in [0, 0.1) is 6.92 Å². The fraction of sp³-hybridized carbons (Fsp3) is 0.500. The predicted octanol–water partition coefficient (Wildman–Crippen LogP) is 1.19. The van der Waals surface area contributed by atoms with Gasteiger partial charge in [0.2, 0.25) is 11.8 Å². The Kier molecular flexibility index (Phi) is 2.85. The molecule has 0 bridgehead atoms. The van der Waals surface area contributed by atoms with Crippen LogP contribution in [0.3, 0.4) is 0 Å². The van der Waals surface area contributed by atoms with Crippen LogP contribution in [0.25, 0.3) is 0 Å². The molecule has 1 heterocycles. The quantitative estimate of drug-likeness (QED) is 0.680. The molecule has 12 heavy (non-hydrogen) atoms. The second kappa shape index (κ2) is 3.90. The van der Waals surface area contributed by atoms with Crippen molar-refractivity contribution in [2.24, 2.45) is 0 Å². The highest BCUT2D eigenvalue weighted by Crippen LogP contribution is 2.15. The number of rotatable bonds is 3. The fourth-order valence-electron chi connectivity index (χ4n) is 0.789. The molecule has 0 spiro atoms. The predicted molar refractivity (Wildman–Crippen MR) is 44.5 cm³/mol. The van der Waals surface area contributed by atoms with Gasteiger partial charge in [0.25, 0.3) is 0 Å². The highest BCUT2D eigenvalue weighted by atomic mass is 16.5. The maximum atomic E-state index is 5.23. The maximum absolute atomic E-state index is 5.23. The lowest BCUT2D eigenvalue weighted by molar-refractivity contribution is 0.311. The summed E-state index contributed by atoms with van der Waals surface area (Å²) >= 11 is 0. The lowest BCUT2D eigenvalue weighted by Crippen LogP contribution is -2.00. The molecule has 0 aliphatic rings. The molecule has 0 unspecified atom stereocenters. The van der Waals surface area contributed by atoms with Crippen molar-refractivity contribution in [3.8, 4) is 11.8 Å². The summed E-state index contributed by atoms with van der Waals surface area (Å²) in [5.74, 6) is 1.01. The van der Waals surface area contributed by atoms with Crippen LogP contribution in [-0.4, -0.2) is 23.7 Å². The van der Waals surface area contributed by atoms with Crippen LogP contribution in [-0.2, 0) is 0 Å². The summed E-state index contributed by atoms with van der Waals surface area (Å²) in [6, 6.07) is 0. The third-order valence-electron chi connectivity index (χ3n) is 1.38. The summed E-state index contributed by atoms with van der Waals surface area (Å²) in [5.41, 5.74) is 0.776. The Morgan fingerprint density at radius 2 is 2.25 bits per heavy atom. The summed E-state index contributed by atoms with van der Waals surface area (Å²) in [6.07, 6.45) is 1.57. The molecular formula is C8H12N2O2. The zero-order valence-electron chi connectivity index (χ0n) is 7.50. The van der Waals surface area contributed by atoms with Gasteiger partial charge in [-0.1, -0.05) is 0 Å². The van der Waals surface area contributed by atoms with Gasteiger partial charge in [0, 0.05) is 0 Å². The number of aryl methyl sites for hydroxylation is 1. The average molecular weight is 168 g/mol. The van der Waals surface area contributed by atoms with Gasteiger partial charge in [0.05, 0.1) is 25.6 Å². The van der Waals surface area contributed by atoms with Crippen LogP contribution in [0.4, 0.5) is 0 Å².